The lowest BCUT2D eigenvalue weighted by atomic mass is 10.0. The van der Waals surface area contributed by atoms with Crippen LogP contribution in [0.5, 0.6) is 0 Å². The molecule has 3 rings (SSSR count). The van der Waals surface area contributed by atoms with E-state index >= 15 is 0 Å². The molecule has 24 heavy (non-hydrogen) atoms. The van der Waals surface area contributed by atoms with E-state index in [1.807, 2.05) is 24.3 Å². The van der Waals surface area contributed by atoms with E-state index in [-0.39, 0.29) is 6.42 Å². The lowest BCUT2D eigenvalue weighted by Gasteiger charge is -2.08. The number of nitrogens with zero attached hydrogens (tertiary/aromatic N) is 1. The Labute approximate surface area is 145 Å². The van der Waals surface area contributed by atoms with Crippen molar-refractivity contribution in [3.8, 4) is 0 Å². The molecule has 0 aliphatic heterocycles. The van der Waals surface area contributed by atoms with Gasteiger partial charge in [0.05, 0.1) is 10.2 Å². The van der Waals surface area contributed by atoms with Gasteiger partial charge in [0, 0.05) is 5.97 Å². The molecule has 0 saturated carbocycles. The van der Waals surface area contributed by atoms with Crippen LogP contribution in [0, 0.1) is 13.8 Å². The number of aliphatic carboxylic acids is 1. The van der Waals surface area contributed by atoms with Gasteiger partial charge in [-0.3, -0.25) is 0 Å². The fourth-order valence-electron chi connectivity index (χ4n) is 2.66. The Bertz CT molecular complexity index is 891. The first kappa shape index (κ1) is 16.4. The minimum atomic E-state index is -1.04. The zero-order chi connectivity index (χ0) is 17.1. The summed E-state index contributed by atoms with van der Waals surface area (Å²) in [6.07, 6.45) is 2.46. The molecule has 3 aromatic rings. The maximum atomic E-state index is 10.9. The summed E-state index contributed by atoms with van der Waals surface area (Å²) >= 11 is 1.59. The zero-order valence-corrected chi connectivity index (χ0v) is 14.5. The normalized spacial score (nSPS) is 11.8. The molecule has 0 radical (unpaired) electrons. The summed E-state index contributed by atoms with van der Waals surface area (Å²) in [7, 11) is 0. The number of rotatable bonds is 5. The molecule has 122 valence electrons. The number of benzene rings is 2. The summed E-state index contributed by atoms with van der Waals surface area (Å²) in [4.78, 5) is 15.6. The SMILES string of the molecule is Cc1ccc(/C=C(\CCC(=O)[O-])c2nc3ccccc3s2)c(C)c1. The van der Waals surface area contributed by atoms with Crippen LogP contribution in [0.2, 0.25) is 0 Å². The smallest absolute Gasteiger partial charge is 0.120 e. The number of hydrogen-bond donors (Lipinski definition) is 0. The highest BCUT2D eigenvalue weighted by Crippen LogP contribution is 2.31. The van der Waals surface area contributed by atoms with E-state index in [2.05, 4.69) is 43.1 Å². The van der Waals surface area contributed by atoms with Crippen molar-refractivity contribution >= 4 is 39.2 Å². The molecule has 0 atom stereocenters. The van der Waals surface area contributed by atoms with Crippen LogP contribution in [0.15, 0.2) is 42.5 Å². The molecule has 4 heteroatoms. The number of fused-ring (bicyclic) bond motifs is 1. The summed E-state index contributed by atoms with van der Waals surface area (Å²) < 4.78 is 1.10. The lowest BCUT2D eigenvalue weighted by molar-refractivity contribution is -0.305. The van der Waals surface area contributed by atoms with Gasteiger partial charge in [0.2, 0.25) is 0 Å². The van der Waals surface area contributed by atoms with Gasteiger partial charge in [-0.25, -0.2) is 4.98 Å². The van der Waals surface area contributed by atoms with Gasteiger partial charge >= 0.3 is 0 Å². The Morgan fingerprint density at radius 3 is 2.67 bits per heavy atom. The first-order chi connectivity index (χ1) is 11.5. The summed E-state index contributed by atoms with van der Waals surface area (Å²) in [6, 6.07) is 14.2. The highest BCUT2D eigenvalue weighted by molar-refractivity contribution is 7.19. The summed E-state index contributed by atoms with van der Waals surface area (Å²) in [5.41, 5.74) is 5.35. The Hall–Kier alpha value is -2.46. The third kappa shape index (κ3) is 3.71. The van der Waals surface area contributed by atoms with E-state index in [4.69, 9.17) is 0 Å². The standard InChI is InChI=1S/C20H19NO2S/c1-13-7-8-15(14(2)11-13)12-16(9-10-19(22)23)20-21-17-5-3-4-6-18(17)24-20/h3-8,11-12H,9-10H2,1-2H3,(H,22,23)/p-1/b16-12+. The van der Waals surface area contributed by atoms with Gasteiger partial charge < -0.3 is 9.90 Å². The second-order valence-corrected chi connectivity index (χ2v) is 6.92. The van der Waals surface area contributed by atoms with E-state index in [1.165, 1.54) is 11.1 Å². The van der Waals surface area contributed by atoms with Crippen LogP contribution in [-0.2, 0) is 4.79 Å². The average molecular weight is 336 g/mol. The fourth-order valence-corrected chi connectivity index (χ4v) is 3.67. The van der Waals surface area contributed by atoms with E-state index in [0.717, 1.165) is 26.4 Å². The number of carbonyl (C=O) groups is 1. The van der Waals surface area contributed by atoms with Crippen molar-refractivity contribution < 1.29 is 9.90 Å². The van der Waals surface area contributed by atoms with Crippen LogP contribution in [0.1, 0.15) is 34.5 Å². The van der Waals surface area contributed by atoms with Gasteiger partial charge in [-0.05, 0) is 61.6 Å². The van der Waals surface area contributed by atoms with E-state index < -0.39 is 5.97 Å². The number of aromatic nitrogens is 1. The highest BCUT2D eigenvalue weighted by atomic mass is 32.1. The van der Waals surface area contributed by atoms with E-state index in [1.54, 1.807) is 11.3 Å². The molecule has 0 aliphatic carbocycles. The number of hydrogen-bond acceptors (Lipinski definition) is 4. The van der Waals surface area contributed by atoms with Crippen LogP contribution in [0.3, 0.4) is 0 Å². The van der Waals surface area contributed by atoms with E-state index in [0.29, 0.717) is 6.42 Å². The largest absolute Gasteiger partial charge is 0.550 e. The lowest BCUT2D eigenvalue weighted by Crippen LogP contribution is -2.21. The molecule has 1 aromatic heterocycles. The second kappa shape index (κ2) is 6.97. The molecule has 0 fully saturated rings. The number of carboxylic acids is 1. The minimum absolute atomic E-state index is 0.00727. The Morgan fingerprint density at radius 1 is 1.17 bits per heavy atom. The quantitative estimate of drug-likeness (QED) is 0.708. The average Bonchev–Trinajstić information content (AvgIpc) is 2.97. The van der Waals surface area contributed by atoms with Gasteiger partial charge in [-0.2, -0.15) is 0 Å². The van der Waals surface area contributed by atoms with Crippen molar-refractivity contribution in [2.45, 2.75) is 26.7 Å². The number of carbonyl (C=O) groups excluding carboxylic acids is 1. The topological polar surface area (TPSA) is 53.0 Å². The number of carboxylic acid groups (broad SMARTS) is 1. The number of allylic oxidation sites excluding steroid dienone is 1. The molecule has 0 bridgehead atoms. The summed E-state index contributed by atoms with van der Waals surface area (Å²) in [5.74, 6) is -1.04. The maximum Gasteiger partial charge on any atom is 0.120 e. The van der Waals surface area contributed by atoms with Gasteiger partial charge in [0.1, 0.15) is 5.01 Å². The molecule has 0 N–H and O–H groups in total. The molecule has 0 aliphatic rings. The van der Waals surface area contributed by atoms with Crippen molar-refractivity contribution in [3.63, 3.8) is 0 Å². The predicted octanol–water partition coefficient (Wildman–Crippen LogP) is 3.98. The Kier molecular flexibility index (Phi) is 4.76. The van der Waals surface area contributed by atoms with Crippen LogP contribution in [0.4, 0.5) is 0 Å². The molecular weight excluding hydrogens is 318 g/mol. The molecular formula is C20H18NO2S-. The second-order valence-electron chi connectivity index (χ2n) is 5.89. The molecule has 2 aromatic carbocycles. The molecule has 0 unspecified atom stereocenters. The molecule has 0 amide bonds. The molecule has 0 saturated heterocycles. The van der Waals surface area contributed by atoms with Crippen molar-refractivity contribution in [3.05, 3.63) is 64.2 Å². The number of aryl methyl sites for hydroxylation is 2. The molecule has 1 heterocycles. The number of para-hydroxylation sites is 1. The molecule has 0 spiro atoms. The first-order valence-electron chi connectivity index (χ1n) is 7.86. The first-order valence-corrected chi connectivity index (χ1v) is 8.68. The third-order valence-electron chi connectivity index (χ3n) is 3.92. The third-order valence-corrected chi connectivity index (χ3v) is 5.03. The van der Waals surface area contributed by atoms with Gasteiger partial charge in [-0.15, -0.1) is 11.3 Å². The monoisotopic (exact) mass is 336 g/mol. The Morgan fingerprint density at radius 2 is 1.96 bits per heavy atom. The van der Waals surface area contributed by atoms with Gasteiger partial charge in [0.15, 0.2) is 0 Å². The van der Waals surface area contributed by atoms with Crippen molar-refractivity contribution in [2.75, 3.05) is 0 Å². The van der Waals surface area contributed by atoms with Crippen LogP contribution < -0.4 is 5.11 Å². The van der Waals surface area contributed by atoms with E-state index in [9.17, 15) is 9.90 Å². The highest BCUT2D eigenvalue weighted by Gasteiger charge is 2.10. The van der Waals surface area contributed by atoms with Crippen molar-refractivity contribution in [2.24, 2.45) is 0 Å². The summed E-state index contributed by atoms with van der Waals surface area (Å²) in [5, 5.41) is 11.8. The predicted molar refractivity (Wildman–Crippen MR) is 97.6 cm³/mol. The maximum absolute atomic E-state index is 10.9. The Balaban J connectivity index is 2.04. The van der Waals surface area contributed by atoms with Gasteiger partial charge in [0.25, 0.3) is 0 Å². The van der Waals surface area contributed by atoms with Crippen LogP contribution in [-0.4, -0.2) is 11.0 Å². The van der Waals surface area contributed by atoms with Gasteiger partial charge in [-0.1, -0.05) is 35.9 Å². The fraction of sp³-hybridized carbons (Fsp3) is 0.200. The molecule has 3 nitrogen and oxygen atoms in total. The number of thiazole rings is 1. The minimum Gasteiger partial charge on any atom is -0.550 e. The van der Waals surface area contributed by atoms with Crippen LogP contribution in [0.25, 0.3) is 21.9 Å². The zero-order valence-electron chi connectivity index (χ0n) is 13.7. The van der Waals surface area contributed by atoms with Crippen molar-refractivity contribution in [1.29, 1.82) is 0 Å². The summed E-state index contributed by atoms with van der Waals surface area (Å²) in [6.45, 7) is 4.12. The van der Waals surface area contributed by atoms with Crippen LogP contribution >= 0.6 is 11.3 Å². The van der Waals surface area contributed by atoms with Crippen molar-refractivity contribution in [1.82, 2.24) is 4.98 Å².